The summed E-state index contributed by atoms with van der Waals surface area (Å²) in [4.78, 5) is 23.2. The summed E-state index contributed by atoms with van der Waals surface area (Å²) in [5, 5.41) is 0. The van der Waals surface area contributed by atoms with Gasteiger partial charge < -0.3 is 9.47 Å². The minimum absolute atomic E-state index is 0.161. The van der Waals surface area contributed by atoms with E-state index in [1.165, 1.54) is 0 Å². The van der Waals surface area contributed by atoms with Crippen molar-refractivity contribution in [1.82, 2.24) is 0 Å². The van der Waals surface area contributed by atoms with Crippen LogP contribution in [-0.4, -0.2) is 23.6 Å². The van der Waals surface area contributed by atoms with Crippen LogP contribution >= 0.6 is 0 Å². The van der Waals surface area contributed by atoms with Gasteiger partial charge in [-0.15, -0.1) is 0 Å². The molecule has 4 nitrogen and oxygen atoms in total. The molecule has 18 heavy (non-hydrogen) atoms. The minimum Gasteiger partial charge on any atom is -0.457 e. The van der Waals surface area contributed by atoms with E-state index >= 15 is 0 Å². The van der Waals surface area contributed by atoms with Crippen LogP contribution in [0.1, 0.15) is 18.9 Å². The van der Waals surface area contributed by atoms with Gasteiger partial charge in [-0.2, -0.15) is 0 Å². The lowest BCUT2D eigenvalue weighted by Gasteiger charge is -2.19. The van der Waals surface area contributed by atoms with E-state index in [0.29, 0.717) is 6.42 Å². The average Bonchev–Trinajstić information content (AvgIpc) is 2.72. The van der Waals surface area contributed by atoms with Gasteiger partial charge in [-0.1, -0.05) is 30.3 Å². The fourth-order valence-corrected chi connectivity index (χ4v) is 2.78. The quantitative estimate of drug-likeness (QED) is 0.742. The van der Waals surface area contributed by atoms with Crippen LogP contribution in [0.25, 0.3) is 0 Å². The Morgan fingerprint density at radius 2 is 2.00 bits per heavy atom. The summed E-state index contributed by atoms with van der Waals surface area (Å²) < 4.78 is 10.6. The van der Waals surface area contributed by atoms with Crippen molar-refractivity contribution >= 4 is 11.9 Å². The highest BCUT2D eigenvalue weighted by molar-refractivity contribution is 5.83. The first-order chi connectivity index (χ1) is 8.58. The highest BCUT2D eigenvalue weighted by atomic mass is 16.6. The van der Waals surface area contributed by atoms with Crippen molar-refractivity contribution < 1.29 is 19.1 Å². The van der Waals surface area contributed by atoms with E-state index in [-0.39, 0.29) is 24.3 Å². The van der Waals surface area contributed by atoms with Gasteiger partial charge in [-0.3, -0.25) is 9.59 Å². The molecule has 2 saturated heterocycles. The lowest BCUT2D eigenvalue weighted by Crippen LogP contribution is -2.34. The van der Waals surface area contributed by atoms with Crippen LogP contribution in [0.15, 0.2) is 30.3 Å². The van der Waals surface area contributed by atoms with Crippen LogP contribution in [0.4, 0.5) is 0 Å². The molecular formula is C14H14O4. The van der Waals surface area contributed by atoms with Crippen LogP contribution in [0.2, 0.25) is 0 Å². The molecule has 2 aliphatic heterocycles. The third kappa shape index (κ3) is 1.68. The van der Waals surface area contributed by atoms with E-state index in [9.17, 15) is 9.59 Å². The van der Waals surface area contributed by atoms with Gasteiger partial charge in [-0.05, 0) is 18.9 Å². The predicted molar refractivity (Wildman–Crippen MR) is 62.6 cm³/mol. The van der Waals surface area contributed by atoms with Crippen LogP contribution in [0.5, 0.6) is 0 Å². The molecule has 2 fully saturated rings. The molecule has 0 saturated carbocycles. The normalized spacial score (nSPS) is 34.1. The first-order valence-electron chi connectivity index (χ1n) is 6.05. The van der Waals surface area contributed by atoms with Gasteiger partial charge in [0.25, 0.3) is 0 Å². The molecule has 0 aliphatic carbocycles. The zero-order valence-corrected chi connectivity index (χ0v) is 10.1. The summed E-state index contributed by atoms with van der Waals surface area (Å²) in [6.07, 6.45) is 0.264. The maximum atomic E-state index is 11.9. The van der Waals surface area contributed by atoms with Crippen LogP contribution in [-0.2, 0) is 25.5 Å². The van der Waals surface area contributed by atoms with E-state index in [1.54, 1.807) is 6.92 Å². The summed E-state index contributed by atoms with van der Waals surface area (Å²) in [5.41, 5.74) is 0.278. The Morgan fingerprint density at radius 3 is 2.72 bits per heavy atom. The molecule has 1 aromatic carbocycles. The molecular weight excluding hydrogens is 232 g/mol. The van der Waals surface area contributed by atoms with Gasteiger partial charge >= 0.3 is 11.9 Å². The van der Waals surface area contributed by atoms with Crippen molar-refractivity contribution in [1.29, 1.82) is 0 Å². The third-order valence-corrected chi connectivity index (χ3v) is 3.66. The molecule has 0 amide bonds. The monoisotopic (exact) mass is 246 g/mol. The number of hydrogen-bond acceptors (Lipinski definition) is 4. The van der Waals surface area contributed by atoms with Crippen molar-refractivity contribution in [3.05, 3.63) is 35.9 Å². The Morgan fingerprint density at radius 1 is 1.28 bits per heavy atom. The number of fused-ring (bicyclic) bond motifs is 1. The van der Waals surface area contributed by atoms with Crippen molar-refractivity contribution in [2.75, 3.05) is 0 Å². The minimum atomic E-state index is -0.770. The number of rotatable bonds is 2. The summed E-state index contributed by atoms with van der Waals surface area (Å²) in [7, 11) is 0. The molecule has 1 aromatic rings. The van der Waals surface area contributed by atoms with Crippen LogP contribution in [0.3, 0.4) is 0 Å². The molecule has 0 aromatic heterocycles. The summed E-state index contributed by atoms with van der Waals surface area (Å²) in [5.74, 6) is -0.934. The smallest absolute Gasteiger partial charge is 0.313 e. The fraction of sp³-hybridized carbons (Fsp3) is 0.429. The summed E-state index contributed by atoms with van der Waals surface area (Å²) >= 11 is 0. The van der Waals surface area contributed by atoms with Crippen LogP contribution in [0, 0.1) is 5.92 Å². The van der Waals surface area contributed by atoms with E-state index in [0.717, 1.165) is 5.56 Å². The SMILES string of the molecule is C[C@@]12CC(=O)O[C@@H]1[C@@H](Cc1ccccc1)C(=O)O2. The van der Waals surface area contributed by atoms with Crippen molar-refractivity contribution in [2.45, 2.75) is 31.5 Å². The van der Waals surface area contributed by atoms with E-state index < -0.39 is 11.7 Å². The highest BCUT2D eigenvalue weighted by Crippen LogP contribution is 2.42. The van der Waals surface area contributed by atoms with Crippen molar-refractivity contribution in [3.8, 4) is 0 Å². The largest absolute Gasteiger partial charge is 0.457 e. The second-order valence-electron chi connectivity index (χ2n) is 5.12. The molecule has 0 radical (unpaired) electrons. The predicted octanol–water partition coefficient (Wildman–Crippen LogP) is 1.48. The first kappa shape index (κ1) is 11.3. The highest BCUT2D eigenvalue weighted by Gasteiger charge is 2.60. The lowest BCUT2D eigenvalue weighted by atomic mass is 9.87. The Balaban J connectivity index is 1.84. The second-order valence-corrected chi connectivity index (χ2v) is 5.12. The molecule has 3 atom stereocenters. The molecule has 4 heteroatoms. The lowest BCUT2D eigenvalue weighted by molar-refractivity contribution is -0.151. The van der Waals surface area contributed by atoms with E-state index in [1.807, 2.05) is 30.3 Å². The van der Waals surface area contributed by atoms with Gasteiger partial charge in [0.05, 0.1) is 6.42 Å². The maximum absolute atomic E-state index is 11.9. The van der Waals surface area contributed by atoms with E-state index in [4.69, 9.17) is 9.47 Å². The fourth-order valence-electron chi connectivity index (χ4n) is 2.78. The Hall–Kier alpha value is -1.84. The average molecular weight is 246 g/mol. The van der Waals surface area contributed by atoms with Gasteiger partial charge in [0.2, 0.25) is 0 Å². The van der Waals surface area contributed by atoms with Gasteiger partial charge in [0.1, 0.15) is 5.92 Å². The zero-order valence-electron chi connectivity index (χ0n) is 10.1. The van der Waals surface area contributed by atoms with E-state index in [2.05, 4.69) is 0 Å². The Bertz CT molecular complexity index is 496. The van der Waals surface area contributed by atoms with Gasteiger partial charge in [-0.25, -0.2) is 0 Å². The molecule has 0 unspecified atom stereocenters. The maximum Gasteiger partial charge on any atom is 0.313 e. The zero-order chi connectivity index (χ0) is 12.8. The summed E-state index contributed by atoms with van der Waals surface area (Å²) in [6.45, 7) is 1.77. The molecule has 0 spiro atoms. The number of esters is 2. The summed E-state index contributed by atoms with van der Waals surface area (Å²) in [6, 6.07) is 9.69. The van der Waals surface area contributed by atoms with Gasteiger partial charge in [0, 0.05) is 0 Å². The Labute approximate surface area is 105 Å². The topological polar surface area (TPSA) is 52.6 Å². The molecule has 2 aliphatic rings. The molecule has 0 bridgehead atoms. The van der Waals surface area contributed by atoms with Crippen molar-refractivity contribution in [3.63, 3.8) is 0 Å². The number of benzene rings is 1. The molecule has 3 rings (SSSR count). The van der Waals surface area contributed by atoms with Crippen molar-refractivity contribution in [2.24, 2.45) is 5.92 Å². The Kier molecular flexibility index (Phi) is 2.40. The van der Waals surface area contributed by atoms with Gasteiger partial charge in [0.15, 0.2) is 11.7 Å². The molecule has 2 heterocycles. The standard InChI is InChI=1S/C14H14O4/c1-14-8-11(15)17-12(14)10(13(16)18-14)7-9-5-3-2-4-6-9/h2-6,10,12H,7-8H2,1H3/t10-,12-,14-/m1/s1. The number of carbonyl (C=O) groups excluding carboxylic acids is 2. The third-order valence-electron chi connectivity index (χ3n) is 3.66. The molecule has 0 N–H and O–H groups in total. The van der Waals surface area contributed by atoms with Crippen LogP contribution < -0.4 is 0 Å². The molecule has 94 valence electrons. The second kappa shape index (κ2) is 3.83. The number of hydrogen-bond donors (Lipinski definition) is 0. The number of ether oxygens (including phenoxy) is 2. The first-order valence-corrected chi connectivity index (χ1v) is 6.05. The number of carbonyl (C=O) groups is 2.